The lowest BCUT2D eigenvalue weighted by atomic mass is 10.0. The third-order valence-electron chi connectivity index (χ3n) is 5.75. The molecule has 1 unspecified atom stereocenters. The highest BCUT2D eigenvalue weighted by Crippen LogP contribution is 2.20. The predicted molar refractivity (Wildman–Crippen MR) is 117 cm³/mol. The number of rotatable bonds is 7. The molecule has 30 heavy (non-hydrogen) atoms. The fraction of sp³-hybridized carbons (Fsp3) is 0.435. The van der Waals surface area contributed by atoms with Crippen LogP contribution in [0.25, 0.3) is 10.8 Å². The van der Waals surface area contributed by atoms with Gasteiger partial charge in [-0.25, -0.2) is 4.79 Å². The number of nitrogens with one attached hydrogen (secondary N) is 1. The van der Waals surface area contributed by atoms with Crippen molar-refractivity contribution < 1.29 is 14.4 Å². The summed E-state index contributed by atoms with van der Waals surface area (Å²) in [6.45, 7) is 5.55. The molecule has 1 heterocycles. The molecule has 7 nitrogen and oxygen atoms in total. The molecule has 1 fully saturated rings. The number of carbonyl (C=O) groups is 3. The van der Waals surface area contributed by atoms with E-state index in [1.54, 1.807) is 9.80 Å². The minimum atomic E-state index is -0.829. The van der Waals surface area contributed by atoms with Gasteiger partial charge in [-0.3, -0.25) is 9.59 Å². The first-order valence-corrected chi connectivity index (χ1v) is 10.6. The lowest BCUT2D eigenvalue weighted by Gasteiger charge is -2.30. The molecule has 4 amide bonds. The Hall–Kier alpha value is -3.09. The Morgan fingerprint density at radius 2 is 1.83 bits per heavy atom. The van der Waals surface area contributed by atoms with E-state index in [2.05, 4.69) is 5.32 Å². The zero-order valence-corrected chi connectivity index (χ0v) is 17.6. The summed E-state index contributed by atoms with van der Waals surface area (Å²) in [6, 6.07) is 12.4. The van der Waals surface area contributed by atoms with Crippen LogP contribution in [0.5, 0.6) is 0 Å². The van der Waals surface area contributed by atoms with Crippen LogP contribution in [-0.4, -0.2) is 59.4 Å². The number of hydrogen-bond acceptors (Lipinski definition) is 3. The van der Waals surface area contributed by atoms with Gasteiger partial charge in [0, 0.05) is 26.1 Å². The molecular weight excluding hydrogens is 380 g/mol. The summed E-state index contributed by atoms with van der Waals surface area (Å²) < 4.78 is 0. The van der Waals surface area contributed by atoms with E-state index in [1.807, 2.05) is 56.3 Å². The minimum absolute atomic E-state index is 0.136. The largest absolute Gasteiger partial charge is 0.368 e. The molecule has 3 N–H and O–H groups in total. The summed E-state index contributed by atoms with van der Waals surface area (Å²) in [6.07, 6.45) is 1.65. The van der Waals surface area contributed by atoms with Gasteiger partial charge in [0.25, 0.3) is 0 Å². The van der Waals surface area contributed by atoms with E-state index in [0.717, 1.165) is 22.8 Å². The molecule has 2 aromatic carbocycles. The van der Waals surface area contributed by atoms with Crippen LogP contribution >= 0.6 is 0 Å². The fourth-order valence-corrected chi connectivity index (χ4v) is 4.04. The van der Waals surface area contributed by atoms with Gasteiger partial charge in [0.2, 0.25) is 11.8 Å². The predicted octanol–water partition coefficient (Wildman–Crippen LogP) is 2.28. The number of carbonyl (C=O) groups excluding carboxylic acids is 3. The Bertz CT molecular complexity index is 926. The molecule has 0 aliphatic carbocycles. The van der Waals surface area contributed by atoms with Crippen LogP contribution in [0.2, 0.25) is 0 Å². The SMILES string of the molecule is CCN(CC)C(=O)N1CCC[C@H]1C(=O)NC(Cc1ccc2ccccc2c1)C(N)=O. The van der Waals surface area contributed by atoms with Crippen molar-refractivity contribution in [1.82, 2.24) is 15.1 Å². The van der Waals surface area contributed by atoms with Crippen LogP contribution in [0.15, 0.2) is 42.5 Å². The van der Waals surface area contributed by atoms with E-state index in [-0.39, 0.29) is 11.9 Å². The van der Waals surface area contributed by atoms with Crippen molar-refractivity contribution in [3.63, 3.8) is 0 Å². The van der Waals surface area contributed by atoms with Crippen LogP contribution in [0.4, 0.5) is 4.79 Å². The second-order valence-corrected chi connectivity index (χ2v) is 7.66. The second-order valence-electron chi connectivity index (χ2n) is 7.66. The zero-order valence-electron chi connectivity index (χ0n) is 17.6. The number of fused-ring (bicyclic) bond motifs is 1. The van der Waals surface area contributed by atoms with E-state index in [1.165, 1.54) is 0 Å². The van der Waals surface area contributed by atoms with Gasteiger partial charge in [-0.2, -0.15) is 0 Å². The first-order valence-electron chi connectivity index (χ1n) is 10.6. The molecule has 0 radical (unpaired) electrons. The molecule has 7 heteroatoms. The number of benzene rings is 2. The van der Waals surface area contributed by atoms with Crippen LogP contribution in [0, 0.1) is 0 Å². The van der Waals surface area contributed by atoms with Gasteiger partial charge >= 0.3 is 6.03 Å². The molecule has 2 aromatic rings. The van der Waals surface area contributed by atoms with Crippen LogP contribution in [0.1, 0.15) is 32.3 Å². The van der Waals surface area contributed by atoms with Gasteiger partial charge in [0.15, 0.2) is 0 Å². The normalized spacial score (nSPS) is 17.0. The number of amides is 4. The monoisotopic (exact) mass is 410 g/mol. The van der Waals surface area contributed by atoms with Crippen molar-refractivity contribution >= 4 is 28.6 Å². The Balaban J connectivity index is 1.71. The van der Waals surface area contributed by atoms with Crippen molar-refractivity contribution in [3.05, 3.63) is 48.0 Å². The number of nitrogens with two attached hydrogens (primary N) is 1. The van der Waals surface area contributed by atoms with Gasteiger partial charge in [0.05, 0.1) is 0 Å². The van der Waals surface area contributed by atoms with Crippen LogP contribution in [0.3, 0.4) is 0 Å². The van der Waals surface area contributed by atoms with Gasteiger partial charge in [-0.15, -0.1) is 0 Å². The summed E-state index contributed by atoms with van der Waals surface area (Å²) in [4.78, 5) is 41.0. The van der Waals surface area contributed by atoms with Gasteiger partial charge in [-0.1, -0.05) is 42.5 Å². The summed E-state index contributed by atoms with van der Waals surface area (Å²) >= 11 is 0. The highest BCUT2D eigenvalue weighted by atomic mass is 16.2. The average molecular weight is 411 g/mol. The van der Waals surface area contributed by atoms with Gasteiger partial charge < -0.3 is 20.9 Å². The smallest absolute Gasteiger partial charge is 0.320 e. The van der Waals surface area contributed by atoms with Crippen molar-refractivity contribution in [2.24, 2.45) is 5.73 Å². The Morgan fingerprint density at radius 3 is 2.50 bits per heavy atom. The summed E-state index contributed by atoms with van der Waals surface area (Å²) in [5, 5.41) is 4.96. The molecule has 1 aliphatic rings. The maximum absolute atomic E-state index is 12.9. The molecule has 0 aromatic heterocycles. The van der Waals surface area contributed by atoms with E-state index < -0.39 is 18.0 Å². The molecule has 0 saturated carbocycles. The molecule has 160 valence electrons. The van der Waals surface area contributed by atoms with E-state index in [4.69, 9.17) is 5.73 Å². The third kappa shape index (κ3) is 4.72. The summed E-state index contributed by atoms with van der Waals surface area (Å²) in [5.74, 6) is -0.909. The van der Waals surface area contributed by atoms with E-state index in [9.17, 15) is 14.4 Å². The number of hydrogen-bond donors (Lipinski definition) is 2. The minimum Gasteiger partial charge on any atom is -0.368 e. The van der Waals surface area contributed by atoms with Crippen molar-refractivity contribution in [2.45, 2.75) is 45.2 Å². The topological polar surface area (TPSA) is 95.7 Å². The maximum Gasteiger partial charge on any atom is 0.320 e. The Labute approximate surface area is 177 Å². The highest BCUT2D eigenvalue weighted by Gasteiger charge is 2.37. The molecule has 1 aliphatic heterocycles. The first kappa shape index (κ1) is 21.6. The highest BCUT2D eigenvalue weighted by molar-refractivity contribution is 5.92. The molecule has 0 spiro atoms. The van der Waals surface area contributed by atoms with E-state index in [0.29, 0.717) is 32.5 Å². The molecular formula is C23H30N4O3. The zero-order chi connectivity index (χ0) is 21.7. The molecule has 2 atom stereocenters. The molecule has 0 bridgehead atoms. The van der Waals surface area contributed by atoms with Crippen molar-refractivity contribution in [3.8, 4) is 0 Å². The standard InChI is InChI=1S/C23H30N4O3/c1-3-26(4-2)23(30)27-13-7-10-20(27)22(29)25-19(21(24)28)15-16-11-12-17-8-5-6-9-18(17)14-16/h5-6,8-9,11-12,14,19-20H,3-4,7,10,13,15H2,1-2H3,(H2,24,28)(H,25,29)/t19?,20-/m0/s1. The third-order valence-corrected chi connectivity index (χ3v) is 5.75. The van der Waals surface area contributed by atoms with Gasteiger partial charge in [-0.05, 0) is 43.0 Å². The Kier molecular flexibility index (Phi) is 6.92. The molecule has 1 saturated heterocycles. The average Bonchev–Trinajstić information content (AvgIpc) is 3.24. The fourth-order valence-electron chi connectivity index (χ4n) is 4.04. The number of likely N-dealkylation sites (tertiary alicyclic amines) is 1. The van der Waals surface area contributed by atoms with Crippen molar-refractivity contribution in [2.75, 3.05) is 19.6 Å². The van der Waals surface area contributed by atoms with Gasteiger partial charge in [0.1, 0.15) is 12.1 Å². The summed E-state index contributed by atoms with van der Waals surface area (Å²) in [7, 11) is 0. The lowest BCUT2D eigenvalue weighted by molar-refractivity contribution is -0.129. The number of nitrogens with zero attached hydrogens (tertiary/aromatic N) is 2. The van der Waals surface area contributed by atoms with Crippen molar-refractivity contribution in [1.29, 1.82) is 0 Å². The maximum atomic E-state index is 12.9. The van der Waals surface area contributed by atoms with E-state index >= 15 is 0 Å². The first-order chi connectivity index (χ1) is 14.4. The second kappa shape index (κ2) is 9.61. The lowest BCUT2D eigenvalue weighted by Crippen LogP contribution is -2.55. The summed E-state index contributed by atoms with van der Waals surface area (Å²) in [5.41, 5.74) is 6.50. The number of urea groups is 1. The number of primary amides is 1. The quantitative estimate of drug-likeness (QED) is 0.733. The Morgan fingerprint density at radius 1 is 1.13 bits per heavy atom. The van der Waals surface area contributed by atoms with Crippen LogP contribution < -0.4 is 11.1 Å². The molecule has 3 rings (SSSR count). The van der Waals surface area contributed by atoms with Crippen LogP contribution in [-0.2, 0) is 16.0 Å².